The molecule has 0 radical (unpaired) electrons. The summed E-state index contributed by atoms with van der Waals surface area (Å²) in [7, 11) is 0. The zero-order chi connectivity index (χ0) is 24.8. The van der Waals surface area contributed by atoms with Crippen LogP contribution in [-0.4, -0.2) is 6.61 Å². The molecule has 0 aliphatic carbocycles. The SMILES string of the molecule is CCCCCCCCCOc1ccc(N=Nc2ccc(N=Nc3ccccc3)cc2)c2ccccc12. The van der Waals surface area contributed by atoms with Crippen molar-refractivity contribution in [1.29, 1.82) is 0 Å². The molecule has 4 rings (SSSR count). The number of fused-ring (bicyclic) bond motifs is 1. The summed E-state index contributed by atoms with van der Waals surface area (Å²) in [4.78, 5) is 0. The van der Waals surface area contributed by atoms with E-state index >= 15 is 0 Å². The van der Waals surface area contributed by atoms with Crippen LogP contribution in [0.1, 0.15) is 51.9 Å². The number of unbranched alkanes of at least 4 members (excludes halogenated alkanes) is 6. The number of rotatable bonds is 13. The first kappa shape index (κ1) is 25.2. The minimum absolute atomic E-state index is 0.743. The Morgan fingerprint density at radius 2 is 1.06 bits per heavy atom. The maximum absolute atomic E-state index is 6.14. The zero-order valence-electron chi connectivity index (χ0n) is 21.0. The van der Waals surface area contributed by atoms with Gasteiger partial charge in [0.15, 0.2) is 0 Å². The van der Waals surface area contributed by atoms with E-state index in [1.807, 2.05) is 78.9 Å². The van der Waals surface area contributed by atoms with E-state index in [4.69, 9.17) is 4.74 Å². The molecule has 0 aromatic heterocycles. The van der Waals surface area contributed by atoms with E-state index in [2.05, 4.69) is 39.5 Å². The van der Waals surface area contributed by atoms with E-state index in [9.17, 15) is 0 Å². The van der Waals surface area contributed by atoms with Gasteiger partial charge in [-0.25, -0.2) is 0 Å². The van der Waals surface area contributed by atoms with Crippen LogP contribution >= 0.6 is 0 Å². The lowest BCUT2D eigenvalue weighted by atomic mass is 10.1. The summed E-state index contributed by atoms with van der Waals surface area (Å²) in [5.74, 6) is 0.906. The third kappa shape index (κ3) is 7.57. The monoisotopic (exact) mass is 478 g/mol. The first-order valence-corrected chi connectivity index (χ1v) is 13.0. The summed E-state index contributed by atoms with van der Waals surface area (Å²) in [5.41, 5.74) is 3.17. The van der Waals surface area contributed by atoms with Crippen molar-refractivity contribution in [3.05, 3.63) is 91.0 Å². The van der Waals surface area contributed by atoms with Gasteiger partial charge in [0.2, 0.25) is 0 Å². The molecule has 0 aliphatic rings. The molecule has 0 unspecified atom stereocenters. The third-order valence-electron chi connectivity index (χ3n) is 6.03. The number of ether oxygens (including phenoxy) is 1. The van der Waals surface area contributed by atoms with Crippen LogP contribution in [0.25, 0.3) is 10.8 Å². The zero-order valence-corrected chi connectivity index (χ0v) is 21.0. The van der Waals surface area contributed by atoms with Crippen molar-refractivity contribution in [1.82, 2.24) is 0 Å². The molecule has 0 fully saturated rings. The molecule has 0 N–H and O–H groups in total. The first-order chi connectivity index (χ1) is 17.8. The van der Waals surface area contributed by atoms with Gasteiger partial charge in [-0.2, -0.15) is 15.3 Å². The standard InChI is InChI=1S/C31H34N4O/c1-2-3-4-5-6-7-13-24-36-31-23-22-30(28-16-11-12-17-29(28)31)35-34-27-20-18-26(19-21-27)33-32-25-14-9-8-10-15-25/h8-12,14-23H,2-7,13,24H2,1H3. The van der Waals surface area contributed by atoms with Gasteiger partial charge in [0, 0.05) is 10.8 Å². The van der Waals surface area contributed by atoms with E-state index in [1.54, 1.807) is 0 Å². The molecule has 4 aromatic rings. The van der Waals surface area contributed by atoms with E-state index in [-0.39, 0.29) is 0 Å². The molecule has 5 nitrogen and oxygen atoms in total. The van der Waals surface area contributed by atoms with E-state index < -0.39 is 0 Å². The Morgan fingerprint density at radius 3 is 1.75 bits per heavy atom. The van der Waals surface area contributed by atoms with Crippen LogP contribution in [0.4, 0.5) is 22.7 Å². The largest absolute Gasteiger partial charge is 0.493 e. The Morgan fingerprint density at radius 1 is 0.500 bits per heavy atom. The minimum atomic E-state index is 0.743. The fourth-order valence-corrected chi connectivity index (χ4v) is 4.02. The van der Waals surface area contributed by atoms with Gasteiger partial charge in [-0.1, -0.05) is 87.9 Å². The van der Waals surface area contributed by atoms with Crippen molar-refractivity contribution in [2.75, 3.05) is 6.61 Å². The number of nitrogens with zero attached hydrogens (tertiary/aromatic N) is 4. The maximum atomic E-state index is 6.14. The summed E-state index contributed by atoms with van der Waals surface area (Å²) < 4.78 is 6.14. The van der Waals surface area contributed by atoms with Crippen LogP contribution in [-0.2, 0) is 0 Å². The average molecular weight is 479 g/mol. The van der Waals surface area contributed by atoms with Crippen molar-refractivity contribution in [3.63, 3.8) is 0 Å². The number of hydrogen-bond acceptors (Lipinski definition) is 5. The van der Waals surface area contributed by atoms with Gasteiger partial charge in [-0.3, -0.25) is 0 Å². The molecule has 0 bridgehead atoms. The Bertz CT molecular complexity index is 1270. The molecule has 0 spiro atoms. The lowest BCUT2D eigenvalue weighted by Gasteiger charge is -2.10. The van der Waals surface area contributed by atoms with Crippen molar-refractivity contribution in [3.8, 4) is 5.75 Å². The highest BCUT2D eigenvalue weighted by Crippen LogP contribution is 2.34. The third-order valence-corrected chi connectivity index (χ3v) is 6.03. The van der Waals surface area contributed by atoms with Gasteiger partial charge in [0.25, 0.3) is 0 Å². The Labute approximate surface area is 214 Å². The van der Waals surface area contributed by atoms with E-state index in [0.29, 0.717) is 0 Å². The van der Waals surface area contributed by atoms with Crippen LogP contribution in [0.2, 0.25) is 0 Å². The molecule has 184 valence electrons. The summed E-state index contributed by atoms with van der Waals surface area (Å²) in [6.45, 7) is 3.00. The van der Waals surface area contributed by atoms with E-state index in [0.717, 1.165) is 52.3 Å². The van der Waals surface area contributed by atoms with Crippen molar-refractivity contribution in [2.45, 2.75) is 51.9 Å². The highest BCUT2D eigenvalue weighted by atomic mass is 16.5. The molecular formula is C31H34N4O. The van der Waals surface area contributed by atoms with Gasteiger partial charge >= 0.3 is 0 Å². The second-order valence-corrected chi connectivity index (χ2v) is 8.85. The fraction of sp³-hybridized carbons (Fsp3) is 0.290. The van der Waals surface area contributed by atoms with Gasteiger partial charge in [0.05, 0.1) is 29.4 Å². The maximum Gasteiger partial charge on any atom is 0.127 e. The summed E-state index contributed by atoms with van der Waals surface area (Å²) in [6, 6.07) is 29.4. The molecular weight excluding hydrogens is 444 g/mol. The average Bonchev–Trinajstić information content (AvgIpc) is 2.94. The second-order valence-electron chi connectivity index (χ2n) is 8.85. The number of hydrogen-bond donors (Lipinski definition) is 0. The van der Waals surface area contributed by atoms with Gasteiger partial charge in [0.1, 0.15) is 5.75 Å². The molecule has 0 heterocycles. The van der Waals surface area contributed by atoms with Crippen LogP contribution in [0, 0.1) is 0 Å². The van der Waals surface area contributed by atoms with Crippen LogP contribution in [0.3, 0.4) is 0 Å². The van der Waals surface area contributed by atoms with Crippen molar-refractivity contribution >= 4 is 33.5 Å². The Kier molecular flexibility index (Phi) is 9.73. The molecule has 0 aliphatic heterocycles. The van der Waals surface area contributed by atoms with Gasteiger partial charge < -0.3 is 4.74 Å². The smallest absolute Gasteiger partial charge is 0.127 e. The molecule has 0 amide bonds. The Balaban J connectivity index is 1.36. The predicted molar refractivity (Wildman–Crippen MR) is 149 cm³/mol. The number of benzene rings is 4. The molecule has 5 heteroatoms. The first-order valence-electron chi connectivity index (χ1n) is 13.0. The van der Waals surface area contributed by atoms with Gasteiger partial charge in [-0.05, 0) is 55.0 Å². The van der Waals surface area contributed by atoms with Crippen LogP contribution in [0.5, 0.6) is 5.75 Å². The molecule has 0 saturated heterocycles. The quantitative estimate of drug-likeness (QED) is 0.139. The van der Waals surface area contributed by atoms with E-state index in [1.165, 1.54) is 38.5 Å². The summed E-state index contributed by atoms with van der Waals surface area (Å²) >= 11 is 0. The molecule has 4 aromatic carbocycles. The van der Waals surface area contributed by atoms with Gasteiger partial charge in [-0.15, -0.1) is 5.11 Å². The molecule has 36 heavy (non-hydrogen) atoms. The highest BCUT2D eigenvalue weighted by Gasteiger charge is 2.07. The summed E-state index contributed by atoms with van der Waals surface area (Å²) in [6.07, 6.45) is 8.92. The van der Waals surface area contributed by atoms with Crippen molar-refractivity contribution < 1.29 is 4.74 Å². The highest BCUT2D eigenvalue weighted by molar-refractivity contribution is 5.96. The fourth-order valence-electron chi connectivity index (χ4n) is 4.02. The summed E-state index contributed by atoms with van der Waals surface area (Å²) in [5, 5.41) is 19.6. The minimum Gasteiger partial charge on any atom is -0.493 e. The molecule has 0 atom stereocenters. The normalized spacial score (nSPS) is 11.6. The lowest BCUT2D eigenvalue weighted by Crippen LogP contribution is -1.98. The van der Waals surface area contributed by atoms with Crippen molar-refractivity contribution in [2.24, 2.45) is 20.5 Å². The van der Waals surface area contributed by atoms with Crippen LogP contribution in [0.15, 0.2) is 111 Å². The topological polar surface area (TPSA) is 58.7 Å². The predicted octanol–water partition coefficient (Wildman–Crippen LogP) is 10.8. The van der Waals surface area contributed by atoms with Crippen LogP contribution < -0.4 is 4.74 Å². The number of azo groups is 2. The lowest BCUT2D eigenvalue weighted by molar-refractivity contribution is 0.307. The molecule has 0 saturated carbocycles. The Hall–Kier alpha value is -3.86. The second kappa shape index (κ2) is 13.9.